The van der Waals surface area contributed by atoms with Crippen LogP contribution in [0.3, 0.4) is 0 Å². The highest BCUT2D eigenvalue weighted by molar-refractivity contribution is 9.10. The summed E-state index contributed by atoms with van der Waals surface area (Å²) in [6.45, 7) is 3.56. The van der Waals surface area contributed by atoms with E-state index in [4.69, 9.17) is 15.2 Å². The lowest BCUT2D eigenvalue weighted by atomic mass is 10.1. The van der Waals surface area contributed by atoms with Crippen LogP contribution in [0.4, 0.5) is 0 Å². The Kier molecular flexibility index (Phi) is 3.02. The van der Waals surface area contributed by atoms with E-state index in [1.165, 1.54) is 18.4 Å². The van der Waals surface area contributed by atoms with Crippen LogP contribution in [0.1, 0.15) is 25.3 Å². The van der Waals surface area contributed by atoms with E-state index in [-0.39, 0.29) is 11.5 Å². The van der Waals surface area contributed by atoms with Gasteiger partial charge in [0.1, 0.15) is 0 Å². The smallest absolute Gasteiger partial charge is 0.162 e. The molecule has 1 aromatic carbocycles. The Hall–Kier alpha value is -0.740. The second-order valence-electron chi connectivity index (χ2n) is 5.65. The molecule has 1 aromatic rings. The molecular weight excluding hydrogens is 294 g/mol. The van der Waals surface area contributed by atoms with E-state index in [1.807, 2.05) is 13.0 Å². The van der Waals surface area contributed by atoms with Crippen LogP contribution in [0.25, 0.3) is 0 Å². The minimum Gasteiger partial charge on any atom is -0.489 e. The normalized spacial score (nSPS) is 21.5. The van der Waals surface area contributed by atoms with Crippen LogP contribution in [0, 0.1) is 5.41 Å². The third-order valence-corrected chi connectivity index (χ3v) is 4.42. The molecule has 1 aliphatic carbocycles. The molecule has 2 aliphatic rings. The van der Waals surface area contributed by atoms with E-state index >= 15 is 0 Å². The van der Waals surface area contributed by atoms with Crippen molar-refractivity contribution >= 4 is 15.9 Å². The van der Waals surface area contributed by atoms with Crippen molar-refractivity contribution in [2.45, 2.75) is 32.2 Å². The number of fused-ring (bicyclic) bond motifs is 1. The number of nitrogens with two attached hydrogens (primary N) is 1. The molecular formula is C14H18BrNO2. The van der Waals surface area contributed by atoms with Gasteiger partial charge in [-0.2, -0.15) is 0 Å². The maximum atomic E-state index is 5.92. The molecule has 3 rings (SSSR count). The predicted molar refractivity (Wildman–Crippen MR) is 74.2 cm³/mol. The fourth-order valence-electron chi connectivity index (χ4n) is 2.27. The molecule has 0 saturated heterocycles. The lowest BCUT2D eigenvalue weighted by Crippen LogP contribution is -2.18. The van der Waals surface area contributed by atoms with Crippen molar-refractivity contribution in [3.63, 3.8) is 0 Å². The maximum Gasteiger partial charge on any atom is 0.162 e. The monoisotopic (exact) mass is 311 g/mol. The Morgan fingerprint density at radius 3 is 2.44 bits per heavy atom. The standard InChI is InChI=1S/C14H18BrNO2/c1-9(16)4-10-5-12-13(6-11(10)15)18-8-14(2-3-14)7-17-12/h5-6,9H,2-4,7-8,16H2,1H3. The SMILES string of the molecule is CC(N)Cc1cc2c(cc1Br)OCC1(CC1)CO2. The van der Waals surface area contributed by atoms with Gasteiger partial charge < -0.3 is 15.2 Å². The van der Waals surface area contributed by atoms with E-state index in [1.54, 1.807) is 0 Å². The zero-order valence-electron chi connectivity index (χ0n) is 10.5. The Balaban J connectivity index is 1.88. The molecule has 0 radical (unpaired) electrons. The summed E-state index contributed by atoms with van der Waals surface area (Å²) in [6, 6.07) is 4.21. The number of halogens is 1. The first-order chi connectivity index (χ1) is 8.58. The van der Waals surface area contributed by atoms with Crippen molar-refractivity contribution in [1.82, 2.24) is 0 Å². The lowest BCUT2D eigenvalue weighted by Gasteiger charge is -2.13. The van der Waals surface area contributed by atoms with Gasteiger partial charge in [-0.15, -0.1) is 0 Å². The van der Waals surface area contributed by atoms with Gasteiger partial charge in [-0.3, -0.25) is 0 Å². The molecule has 98 valence electrons. The average molecular weight is 312 g/mol. The van der Waals surface area contributed by atoms with Crippen molar-refractivity contribution in [3.8, 4) is 11.5 Å². The van der Waals surface area contributed by atoms with Crippen LogP contribution >= 0.6 is 15.9 Å². The van der Waals surface area contributed by atoms with Gasteiger partial charge in [0.15, 0.2) is 11.5 Å². The lowest BCUT2D eigenvalue weighted by molar-refractivity contribution is 0.197. The van der Waals surface area contributed by atoms with Gasteiger partial charge in [0.25, 0.3) is 0 Å². The summed E-state index contributed by atoms with van der Waals surface area (Å²) in [5, 5.41) is 0. The zero-order valence-corrected chi connectivity index (χ0v) is 12.1. The number of hydrogen-bond acceptors (Lipinski definition) is 3. The third kappa shape index (κ3) is 2.36. The van der Waals surface area contributed by atoms with Crippen LogP contribution in [-0.2, 0) is 6.42 Å². The minimum atomic E-state index is 0.140. The van der Waals surface area contributed by atoms with Gasteiger partial charge in [-0.25, -0.2) is 0 Å². The highest BCUT2D eigenvalue weighted by Gasteiger charge is 2.46. The van der Waals surface area contributed by atoms with Crippen LogP contribution in [0.2, 0.25) is 0 Å². The molecule has 4 heteroatoms. The van der Waals surface area contributed by atoms with Gasteiger partial charge in [0.05, 0.1) is 13.2 Å². The molecule has 1 saturated carbocycles. The van der Waals surface area contributed by atoms with Crippen molar-refractivity contribution in [1.29, 1.82) is 0 Å². The summed E-state index contributed by atoms with van der Waals surface area (Å²) in [7, 11) is 0. The Labute approximate surface area is 116 Å². The first kappa shape index (κ1) is 12.3. The van der Waals surface area contributed by atoms with E-state index in [2.05, 4.69) is 22.0 Å². The van der Waals surface area contributed by atoms with Crippen molar-refractivity contribution in [2.75, 3.05) is 13.2 Å². The summed E-state index contributed by atoms with van der Waals surface area (Å²) in [5.74, 6) is 1.71. The molecule has 0 aromatic heterocycles. The third-order valence-electron chi connectivity index (χ3n) is 3.68. The molecule has 1 atom stereocenters. The first-order valence-corrected chi connectivity index (χ1v) is 7.21. The fraction of sp³-hybridized carbons (Fsp3) is 0.571. The summed E-state index contributed by atoms with van der Waals surface area (Å²) >= 11 is 3.58. The van der Waals surface area contributed by atoms with Crippen LogP contribution in [-0.4, -0.2) is 19.3 Å². The second kappa shape index (κ2) is 4.42. The number of rotatable bonds is 2. The van der Waals surface area contributed by atoms with E-state index in [9.17, 15) is 0 Å². The maximum absolute atomic E-state index is 5.92. The Morgan fingerprint density at radius 1 is 1.28 bits per heavy atom. The van der Waals surface area contributed by atoms with E-state index < -0.39 is 0 Å². The highest BCUT2D eigenvalue weighted by atomic mass is 79.9. The van der Waals surface area contributed by atoms with Gasteiger partial charge in [-0.1, -0.05) is 15.9 Å². The average Bonchev–Trinajstić information content (AvgIpc) is 3.09. The molecule has 18 heavy (non-hydrogen) atoms. The fourth-order valence-corrected chi connectivity index (χ4v) is 2.76. The largest absolute Gasteiger partial charge is 0.489 e. The quantitative estimate of drug-likeness (QED) is 0.913. The molecule has 0 bridgehead atoms. The highest BCUT2D eigenvalue weighted by Crippen LogP contribution is 2.49. The topological polar surface area (TPSA) is 44.5 Å². The summed E-state index contributed by atoms with van der Waals surface area (Å²) in [6.07, 6.45) is 3.27. The van der Waals surface area contributed by atoms with Crippen molar-refractivity contribution in [3.05, 3.63) is 22.2 Å². The van der Waals surface area contributed by atoms with E-state index in [0.717, 1.165) is 35.6 Å². The van der Waals surface area contributed by atoms with Gasteiger partial charge in [0, 0.05) is 15.9 Å². The van der Waals surface area contributed by atoms with Gasteiger partial charge in [-0.05, 0) is 43.9 Å². The Bertz CT molecular complexity index is 469. The molecule has 1 heterocycles. The minimum absolute atomic E-state index is 0.140. The molecule has 2 N–H and O–H groups in total. The molecule has 1 spiro atoms. The number of ether oxygens (including phenoxy) is 2. The van der Waals surface area contributed by atoms with Gasteiger partial charge in [0.2, 0.25) is 0 Å². The van der Waals surface area contributed by atoms with E-state index in [0.29, 0.717) is 0 Å². The molecule has 3 nitrogen and oxygen atoms in total. The van der Waals surface area contributed by atoms with Crippen LogP contribution in [0.5, 0.6) is 11.5 Å². The summed E-state index contributed by atoms with van der Waals surface area (Å²) in [4.78, 5) is 0. The summed E-state index contributed by atoms with van der Waals surface area (Å²) in [5.41, 5.74) is 7.32. The predicted octanol–water partition coefficient (Wildman–Crippen LogP) is 2.89. The zero-order chi connectivity index (χ0) is 12.8. The number of benzene rings is 1. The Morgan fingerprint density at radius 2 is 1.89 bits per heavy atom. The van der Waals surface area contributed by atoms with Crippen LogP contribution in [0.15, 0.2) is 16.6 Å². The first-order valence-electron chi connectivity index (χ1n) is 6.42. The van der Waals surface area contributed by atoms with Gasteiger partial charge >= 0.3 is 0 Å². The molecule has 1 fully saturated rings. The molecule has 1 unspecified atom stereocenters. The van der Waals surface area contributed by atoms with Crippen LogP contribution < -0.4 is 15.2 Å². The second-order valence-corrected chi connectivity index (χ2v) is 6.50. The summed E-state index contributed by atoms with van der Waals surface area (Å²) < 4.78 is 12.8. The van der Waals surface area contributed by atoms with Crippen molar-refractivity contribution < 1.29 is 9.47 Å². The molecule has 1 aliphatic heterocycles. The number of hydrogen-bond donors (Lipinski definition) is 1. The molecule has 0 amide bonds. The van der Waals surface area contributed by atoms with Crippen molar-refractivity contribution in [2.24, 2.45) is 11.1 Å².